The molecule has 2 aliphatic rings. The molecule has 214 valence electrons. The van der Waals surface area contributed by atoms with E-state index in [1.807, 2.05) is 6.07 Å². The van der Waals surface area contributed by atoms with Gasteiger partial charge >= 0.3 is 17.9 Å². The SMILES string of the molecule is Cc1ncc([N+](=O)[O-])n1CCOC(=O)OCOC(=O)[C@@H]1N2C(=O)[C@@H](NC(=O)COc3ccccc3)[C@H]2SC1(C)C. The molecule has 1 aromatic heterocycles. The highest BCUT2D eigenvalue weighted by Crippen LogP contribution is 2.51. The van der Waals surface area contributed by atoms with E-state index >= 15 is 0 Å². The van der Waals surface area contributed by atoms with Crippen molar-refractivity contribution in [1.29, 1.82) is 0 Å². The van der Waals surface area contributed by atoms with E-state index in [1.165, 1.54) is 21.2 Å². The summed E-state index contributed by atoms with van der Waals surface area (Å²) in [5, 5.41) is 13.2. The second-order valence-electron chi connectivity index (χ2n) is 9.30. The number of benzene rings is 1. The second-order valence-corrected chi connectivity index (χ2v) is 11.1. The normalized spacial score (nSPS) is 20.6. The van der Waals surface area contributed by atoms with Crippen LogP contribution in [0.2, 0.25) is 0 Å². The van der Waals surface area contributed by atoms with Gasteiger partial charge in [0, 0.05) is 11.7 Å². The number of rotatable bonds is 11. The summed E-state index contributed by atoms with van der Waals surface area (Å²) in [5.41, 5.74) is 0. The Hall–Kier alpha value is -4.34. The maximum atomic E-state index is 12.8. The summed E-state index contributed by atoms with van der Waals surface area (Å²) in [6.45, 7) is 3.79. The van der Waals surface area contributed by atoms with E-state index in [-0.39, 0.29) is 25.6 Å². The third-order valence-electron chi connectivity index (χ3n) is 6.23. The molecule has 0 saturated carbocycles. The molecule has 3 atom stereocenters. The van der Waals surface area contributed by atoms with Crippen molar-refractivity contribution in [3.8, 4) is 5.75 Å². The smallest absolute Gasteiger partial charge is 0.484 e. The Balaban J connectivity index is 1.21. The number of aryl methyl sites for hydroxylation is 1. The minimum absolute atomic E-state index is 0.0287. The average Bonchev–Trinajstić information content (AvgIpc) is 3.40. The van der Waals surface area contributed by atoms with Crippen molar-refractivity contribution in [1.82, 2.24) is 19.8 Å². The predicted molar refractivity (Wildman–Crippen MR) is 137 cm³/mol. The number of esters is 1. The molecule has 0 unspecified atom stereocenters. The van der Waals surface area contributed by atoms with Gasteiger partial charge in [-0.1, -0.05) is 18.2 Å². The molecule has 4 rings (SSSR count). The molecule has 2 fully saturated rings. The number of ether oxygens (including phenoxy) is 4. The number of thioether (sulfide) groups is 1. The standard InChI is InChI=1S/C24H27N5O10S/c1-14-25-11-17(29(34)35)27(14)9-10-36-23(33)39-13-38-22(32)19-24(2,3)40-21-18(20(31)28(19)21)26-16(30)12-37-15-7-5-4-6-8-15/h4-8,11,18-19,21H,9-10,12-13H2,1-3H3,(H,26,30)/t18-,19+,21-/m1/s1. The lowest BCUT2D eigenvalue weighted by Gasteiger charge is -2.43. The van der Waals surface area contributed by atoms with Crippen molar-refractivity contribution < 1.29 is 43.0 Å². The van der Waals surface area contributed by atoms with E-state index in [4.69, 9.17) is 18.9 Å². The van der Waals surface area contributed by atoms with Crippen LogP contribution in [0, 0.1) is 17.0 Å². The summed E-state index contributed by atoms with van der Waals surface area (Å²) >= 11 is 1.34. The number of carbonyl (C=O) groups excluding carboxylic acids is 4. The van der Waals surface area contributed by atoms with Gasteiger partial charge in [0.1, 0.15) is 42.6 Å². The maximum Gasteiger partial charge on any atom is 0.511 e. The monoisotopic (exact) mass is 577 g/mol. The van der Waals surface area contributed by atoms with Gasteiger partial charge in [-0.15, -0.1) is 11.8 Å². The van der Waals surface area contributed by atoms with E-state index in [1.54, 1.807) is 45.0 Å². The minimum atomic E-state index is -1.15. The molecule has 0 aliphatic carbocycles. The molecule has 2 amide bonds. The molecule has 2 aliphatic heterocycles. The molecule has 16 heteroatoms. The lowest BCUT2D eigenvalue weighted by atomic mass is 9.96. The van der Waals surface area contributed by atoms with Gasteiger partial charge in [-0.25, -0.2) is 19.1 Å². The molecule has 3 heterocycles. The number of aromatic nitrogens is 2. The Kier molecular flexibility index (Phi) is 8.46. The number of para-hydroxylation sites is 1. The number of amides is 2. The van der Waals surface area contributed by atoms with Crippen LogP contribution in [0.15, 0.2) is 36.5 Å². The second kappa shape index (κ2) is 11.8. The molecular weight excluding hydrogens is 550 g/mol. The predicted octanol–water partition coefficient (Wildman–Crippen LogP) is 1.38. The van der Waals surface area contributed by atoms with Gasteiger partial charge in [0.25, 0.3) is 5.91 Å². The number of nitro groups is 1. The lowest BCUT2D eigenvalue weighted by molar-refractivity contribution is -0.392. The first-order valence-electron chi connectivity index (χ1n) is 12.1. The number of carbonyl (C=O) groups is 4. The van der Waals surface area contributed by atoms with Gasteiger partial charge in [-0.2, -0.15) is 0 Å². The summed E-state index contributed by atoms with van der Waals surface area (Å²) in [6.07, 6.45) is -0.0494. The van der Waals surface area contributed by atoms with Crippen LogP contribution in [-0.4, -0.2) is 85.5 Å². The van der Waals surface area contributed by atoms with Gasteiger partial charge in [0.05, 0.1) is 0 Å². The van der Waals surface area contributed by atoms with E-state index in [0.717, 1.165) is 6.20 Å². The molecule has 1 N–H and O–H groups in total. The summed E-state index contributed by atoms with van der Waals surface area (Å²) < 4.78 is 20.6. The average molecular weight is 578 g/mol. The molecule has 0 spiro atoms. The number of β-lactam (4-membered cyclic amide) rings is 1. The first kappa shape index (κ1) is 28.7. The summed E-state index contributed by atoms with van der Waals surface area (Å²) in [4.78, 5) is 65.5. The van der Waals surface area contributed by atoms with Crippen molar-refractivity contribution in [2.45, 2.75) is 49.5 Å². The highest BCUT2D eigenvalue weighted by molar-refractivity contribution is 8.01. The van der Waals surface area contributed by atoms with Crippen LogP contribution in [0.4, 0.5) is 10.6 Å². The molecule has 40 heavy (non-hydrogen) atoms. The summed E-state index contributed by atoms with van der Waals surface area (Å²) in [6, 6.07) is 6.96. The number of fused-ring (bicyclic) bond motifs is 1. The number of imidazole rings is 1. The van der Waals surface area contributed by atoms with Gasteiger partial charge in [-0.05, 0) is 30.9 Å². The third-order valence-corrected chi connectivity index (χ3v) is 7.80. The van der Waals surface area contributed by atoms with Crippen LogP contribution < -0.4 is 10.1 Å². The summed E-state index contributed by atoms with van der Waals surface area (Å²) in [5.74, 6) is -1.07. The van der Waals surface area contributed by atoms with E-state index < -0.39 is 57.9 Å². The first-order chi connectivity index (χ1) is 19.0. The van der Waals surface area contributed by atoms with Crippen molar-refractivity contribution >= 4 is 41.5 Å². The number of nitrogens with zero attached hydrogens (tertiary/aromatic N) is 4. The van der Waals surface area contributed by atoms with Crippen LogP contribution in [0.5, 0.6) is 5.75 Å². The fourth-order valence-electron chi connectivity index (χ4n) is 4.36. The lowest BCUT2D eigenvalue weighted by Crippen LogP contribution is -2.71. The first-order valence-corrected chi connectivity index (χ1v) is 13.0. The fraction of sp³-hybridized carbons (Fsp3) is 0.458. The minimum Gasteiger partial charge on any atom is -0.484 e. The van der Waals surface area contributed by atoms with Crippen LogP contribution in [0.1, 0.15) is 19.7 Å². The Labute approximate surface area is 232 Å². The van der Waals surface area contributed by atoms with Gasteiger partial charge in [0.15, 0.2) is 12.4 Å². The van der Waals surface area contributed by atoms with E-state index in [2.05, 4.69) is 10.3 Å². The molecule has 15 nitrogen and oxygen atoms in total. The topological polar surface area (TPSA) is 181 Å². The van der Waals surface area contributed by atoms with Crippen LogP contribution >= 0.6 is 11.8 Å². The van der Waals surface area contributed by atoms with Crippen molar-refractivity contribution in [2.24, 2.45) is 0 Å². The Bertz CT molecular complexity index is 1300. The Morgan fingerprint density at radius 3 is 2.60 bits per heavy atom. The number of hydrogen-bond acceptors (Lipinski definition) is 12. The van der Waals surface area contributed by atoms with Crippen molar-refractivity contribution in [2.75, 3.05) is 20.0 Å². The van der Waals surface area contributed by atoms with E-state index in [9.17, 15) is 29.3 Å². The zero-order valence-electron chi connectivity index (χ0n) is 21.8. The molecule has 2 aromatic rings. The zero-order chi connectivity index (χ0) is 29.0. The zero-order valence-corrected chi connectivity index (χ0v) is 22.6. The quantitative estimate of drug-likeness (QED) is 0.133. The maximum absolute atomic E-state index is 12.8. The highest BCUT2D eigenvalue weighted by atomic mass is 32.2. The molecule has 0 bridgehead atoms. The number of hydrogen-bond donors (Lipinski definition) is 1. The Morgan fingerprint density at radius 1 is 1.18 bits per heavy atom. The van der Waals surface area contributed by atoms with Crippen molar-refractivity contribution in [3.05, 3.63) is 52.5 Å². The molecule has 2 saturated heterocycles. The van der Waals surface area contributed by atoms with Crippen LogP contribution in [0.3, 0.4) is 0 Å². The largest absolute Gasteiger partial charge is 0.511 e. The summed E-state index contributed by atoms with van der Waals surface area (Å²) in [7, 11) is 0. The fourth-order valence-corrected chi connectivity index (χ4v) is 5.98. The van der Waals surface area contributed by atoms with Crippen LogP contribution in [-0.2, 0) is 35.1 Å². The van der Waals surface area contributed by atoms with Gasteiger partial charge in [0.2, 0.25) is 12.7 Å². The van der Waals surface area contributed by atoms with Gasteiger partial charge in [-0.3, -0.25) is 9.59 Å². The Morgan fingerprint density at radius 2 is 1.90 bits per heavy atom. The highest BCUT2D eigenvalue weighted by Gasteiger charge is 2.64. The molecule has 1 aromatic carbocycles. The third kappa shape index (κ3) is 6.11. The van der Waals surface area contributed by atoms with E-state index in [0.29, 0.717) is 11.6 Å². The molecule has 0 radical (unpaired) electrons. The van der Waals surface area contributed by atoms with Gasteiger partial charge < -0.3 is 39.3 Å². The molecular formula is C24H27N5O10S. The van der Waals surface area contributed by atoms with Crippen molar-refractivity contribution in [3.63, 3.8) is 0 Å². The van der Waals surface area contributed by atoms with Crippen LogP contribution in [0.25, 0.3) is 0 Å². The number of nitrogens with one attached hydrogen (secondary N) is 1.